The molecule has 14 heavy (non-hydrogen) atoms. The predicted molar refractivity (Wildman–Crippen MR) is 47.6 cm³/mol. The molecule has 1 saturated heterocycles. The Morgan fingerprint density at radius 3 is 2.86 bits per heavy atom. The number of carbonyl (C=O) groups excluding carboxylic acids is 2. The van der Waals surface area contributed by atoms with Gasteiger partial charge in [0.05, 0.1) is 12.7 Å². The summed E-state index contributed by atoms with van der Waals surface area (Å²) in [5.74, 6) is -0.153. The largest absolute Gasteiger partial charge is 0.464 e. The number of hydrogen-bond donors (Lipinski definition) is 0. The number of esters is 1. The number of carbonyl (C=O) groups is 2. The van der Waals surface area contributed by atoms with Crippen LogP contribution in [0.2, 0.25) is 0 Å². The molecular weight excluding hydrogens is 184 g/mol. The Bertz CT molecular complexity index is 257. The third-order valence-electron chi connectivity index (χ3n) is 2.65. The quantitative estimate of drug-likeness (QED) is 0.494. The van der Waals surface area contributed by atoms with Gasteiger partial charge in [-0.15, -0.1) is 0 Å². The van der Waals surface area contributed by atoms with Crippen LogP contribution < -0.4 is 0 Å². The van der Waals surface area contributed by atoms with Crippen LogP contribution in [-0.4, -0.2) is 30.6 Å². The van der Waals surface area contributed by atoms with Gasteiger partial charge in [0.2, 0.25) is 6.10 Å². The molecule has 0 aromatic heterocycles. The van der Waals surface area contributed by atoms with E-state index in [1.165, 1.54) is 0 Å². The van der Waals surface area contributed by atoms with Crippen LogP contribution >= 0.6 is 0 Å². The van der Waals surface area contributed by atoms with Gasteiger partial charge in [-0.3, -0.25) is 4.79 Å². The minimum Gasteiger partial charge on any atom is -0.464 e. The number of rotatable bonds is 3. The van der Waals surface area contributed by atoms with Crippen LogP contribution in [0.15, 0.2) is 0 Å². The van der Waals surface area contributed by atoms with Crippen molar-refractivity contribution >= 4 is 11.8 Å². The first kappa shape index (κ1) is 9.65. The smallest absolute Gasteiger partial charge is 0.343 e. The first-order chi connectivity index (χ1) is 6.72. The van der Waals surface area contributed by atoms with Crippen LogP contribution in [0.5, 0.6) is 0 Å². The van der Waals surface area contributed by atoms with Gasteiger partial charge in [0, 0.05) is 6.42 Å². The molecule has 2 rings (SSSR count). The van der Waals surface area contributed by atoms with Gasteiger partial charge in [-0.1, -0.05) is 0 Å². The lowest BCUT2D eigenvalue weighted by molar-refractivity contribution is -0.158. The highest BCUT2D eigenvalue weighted by Crippen LogP contribution is 2.39. The second-order valence-electron chi connectivity index (χ2n) is 3.81. The van der Waals surface area contributed by atoms with Crippen molar-refractivity contribution in [2.45, 2.75) is 38.4 Å². The van der Waals surface area contributed by atoms with E-state index < -0.39 is 12.1 Å². The zero-order chi connectivity index (χ0) is 10.1. The standard InChI is InChI=1S/C10H14O4/c1-2-13-10(12)9-7(11)5-8(14-9)6-3-4-6/h6,8-9H,2-5H2,1H3. The summed E-state index contributed by atoms with van der Waals surface area (Å²) >= 11 is 0. The molecule has 0 amide bonds. The Morgan fingerprint density at radius 2 is 2.29 bits per heavy atom. The van der Waals surface area contributed by atoms with E-state index in [9.17, 15) is 9.59 Å². The molecule has 0 bridgehead atoms. The van der Waals surface area contributed by atoms with Crippen LogP contribution in [0.3, 0.4) is 0 Å². The molecular formula is C10H14O4. The lowest BCUT2D eigenvalue weighted by atomic mass is 10.1. The molecule has 0 N–H and O–H groups in total. The van der Waals surface area contributed by atoms with Gasteiger partial charge in [-0.25, -0.2) is 4.79 Å². The van der Waals surface area contributed by atoms with Crippen molar-refractivity contribution in [2.24, 2.45) is 5.92 Å². The van der Waals surface area contributed by atoms with Crippen LogP contribution in [0.1, 0.15) is 26.2 Å². The maximum Gasteiger partial charge on any atom is 0.343 e. The van der Waals surface area contributed by atoms with E-state index in [-0.39, 0.29) is 11.9 Å². The fourth-order valence-corrected chi connectivity index (χ4v) is 1.75. The maximum atomic E-state index is 11.4. The molecule has 1 heterocycles. The third kappa shape index (κ3) is 1.80. The highest BCUT2D eigenvalue weighted by atomic mass is 16.6. The molecule has 1 aliphatic carbocycles. The van der Waals surface area contributed by atoms with E-state index in [0.717, 1.165) is 12.8 Å². The van der Waals surface area contributed by atoms with Gasteiger partial charge in [0.15, 0.2) is 5.78 Å². The summed E-state index contributed by atoms with van der Waals surface area (Å²) in [6.45, 7) is 2.01. The van der Waals surface area contributed by atoms with Gasteiger partial charge in [0.1, 0.15) is 0 Å². The molecule has 2 unspecified atom stereocenters. The average Bonchev–Trinajstić information content (AvgIpc) is 2.91. The van der Waals surface area contributed by atoms with E-state index in [4.69, 9.17) is 9.47 Å². The highest BCUT2D eigenvalue weighted by molar-refractivity contribution is 6.03. The third-order valence-corrected chi connectivity index (χ3v) is 2.65. The van der Waals surface area contributed by atoms with E-state index >= 15 is 0 Å². The maximum absolute atomic E-state index is 11.4. The topological polar surface area (TPSA) is 52.6 Å². The van der Waals surface area contributed by atoms with Crippen molar-refractivity contribution in [1.29, 1.82) is 0 Å². The summed E-state index contributed by atoms with van der Waals surface area (Å²) < 4.78 is 10.1. The lowest BCUT2D eigenvalue weighted by Gasteiger charge is -2.10. The van der Waals surface area contributed by atoms with Crippen molar-refractivity contribution in [3.8, 4) is 0 Å². The zero-order valence-electron chi connectivity index (χ0n) is 8.19. The lowest BCUT2D eigenvalue weighted by Crippen LogP contribution is -2.29. The number of ether oxygens (including phenoxy) is 2. The van der Waals surface area contributed by atoms with Gasteiger partial charge in [-0.05, 0) is 25.7 Å². The molecule has 0 aromatic carbocycles. The van der Waals surface area contributed by atoms with Crippen LogP contribution in [0, 0.1) is 5.92 Å². The van der Waals surface area contributed by atoms with Crippen molar-refractivity contribution in [3.05, 3.63) is 0 Å². The average molecular weight is 198 g/mol. The minimum atomic E-state index is -0.944. The summed E-state index contributed by atoms with van der Waals surface area (Å²) in [5, 5.41) is 0. The van der Waals surface area contributed by atoms with Crippen molar-refractivity contribution < 1.29 is 19.1 Å². The first-order valence-corrected chi connectivity index (χ1v) is 5.07. The van der Waals surface area contributed by atoms with Gasteiger partial charge >= 0.3 is 5.97 Å². The predicted octanol–water partition coefficient (Wildman–Crippen LogP) is 0.686. The SMILES string of the molecule is CCOC(=O)C1OC(C2CC2)CC1=O. The van der Waals surface area contributed by atoms with Crippen molar-refractivity contribution in [3.63, 3.8) is 0 Å². The van der Waals surface area contributed by atoms with Crippen molar-refractivity contribution in [2.75, 3.05) is 6.61 Å². The fourth-order valence-electron chi connectivity index (χ4n) is 1.75. The number of Topliss-reactive ketones (excluding diaryl/α,β-unsaturated/α-hetero) is 1. The molecule has 1 saturated carbocycles. The summed E-state index contributed by atoms with van der Waals surface area (Å²) in [4.78, 5) is 22.7. The Hall–Kier alpha value is -0.900. The molecule has 0 spiro atoms. The zero-order valence-corrected chi connectivity index (χ0v) is 8.19. The number of hydrogen-bond acceptors (Lipinski definition) is 4. The molecule has 4 heteroatoms. The Labute approximate surface area is 82.6 Å². The first-order valence-electron chi connectivity index (χ1n) is 5.07. The highest BCUT2D eigenvalue weighted by Gasteiger charge is 2.45. The van der Waals surface area contributed by atoms with Crippen LogP contribution in [0.4, 0.5) is 0 Å². The van der Waals surface area contributed by atoms with Crippen LogP contribution in [-0.2, 0) is 19.1 Å². The summed E-state index contributed by atoms with van der Waals surface area (Å²) in [7, 11) is 0. The van der Waals surface area contributed by atoms with Gasteiger partial charge in [-0.2, -0.15) is 0 Å². The minimum absolute atomic E-state index is 0.0306. The molecule has 1 aliphatic heterocycles. The summed E-state index contributed by atoms with van der Waals surface area (Å²) in [5.41, 5.74) is 0. The summed E-state index contributed by atoms with van der Waals surface area (Å²) in [6, 6.07) is 0. The second kappa shape index (κ2) is 3.69. The Morgan fingerprint density at radius 1 is 1.57 bits per heavy atom. The summed E-state index contributed by atoms with van der Waals surface area (Å²) in [6.07, 6.45) is 1.65. The Balaban J connectivity index is 1.93. The number of ketones is 1. The van der Waals surface area contributed by atoms with E-state index in [0.29, 0.717) is 18.9 Å². The molecule has 2 atom stereocenters. The normalized spacial score (nSPS) is 31.9. The molecule has 0 radical (unpaired) electrons. The van der Waals surface area contributed by atoms with Gasteiger partial charge in [0.25, 0.3) is 0 Å². The molecule has 4 nitrogen and oxygen atoms in total. The van der Waals surface area contributed by atoms with Crippen molar-refractivity contribution in [1.82, 2.24) is 0 Å². The molecule has 78 valence electrons. The van der Waals surface area contributed by atoms with E-state index in [1.54, 1.807) is 6.92 Å². The Kier molecular flexibility index (Phi) is 2.54. The second-order valence-corrected chi connectivity index (χ2v) is 3.81. The molecule has 0 aromatic rings. The fraction of sp³-hybridized carbons (Fsp3) is 0.800. The molecule has 2 fully saturated rings. The van der Waals surface area contributed by atoms with E-state index in [1.807, 2.05) is 0 Å². The monoisotopic (exact) mass is 198 g/mol. The van der Waals surface area contributed by atoms with Crippen LogP contribution in [0.25, 0.3) is 0 Å². The van der Waals surface area contributed by atoms with E-state index in [2.05, 4.69) is 0 Å². The van der Waals surface area contributed by atoms with Gasteiger partial charge < -0.3 is 9.47 Å². The molecule has 2 aliphatic rings.